The summed E-state index contributed by atoms with van der Waals surface area (Å²) in [5.74, 6) is 0.426. The summed E-state index contributed by atoms with van der Waals surface area (Å²) >= 11 is 3.16. The number of hydrogen-bond donors (Lipinski definition) is 1. The van der Waals surface area contributed by atoms with Crippen molar-refractivity contribution in [3.05, 3.63) is 46.3 Å². The van der Waals surface area contributed by atoms with Gasteiger partial charge in [-0.3, -0.25) is 0 Å². The van der Waals surface area contributed by atoms with E-state index in [9.17, 15) is 4.79 Å². The van der Waals surface area contributed by atoms with Crippen LogP contribution in [0.15, 0.2) is 35.2 Å². The Morgan fingerprint density at radius 3 is 2.68 bits per heavy atom. The smallest absolute Gasteiger partial charge is 0.340 e. The van der Waals surface area contributed by atoms with Crippen molar-refractivity contribution in [2.24, 2.45) is 0 Å². The lowest BCUT2D eigenvalue weighted by Crippen LogP contribution is -2.01. The fraction of sp³-hybridized carbons (Fsp3) is 0.214. The predicted molar refractivity (Wildman–Crippen MR) is 80.8 cm³/mol. The molecule has 0 aliphatic heterocycles. The molecule has 0 saturated carbocycles. The summed E-state index contributed by atoms with van der Waals surface area (Å²) < 4.78 is 4.69. The van der Waals surface area contributed by atoms with Gasteiger partial charge in [-0.2, -0.15) is 0 Å². The number of ether oxygens (including phenoxy) is 1. The van der Waals surface area contributed by atoms with Crippen LogP contribution in [0.5, 0.6) is 0 Å². The molecule has 1 aromatic heterocycles. The number of anilines is 1. The molecule has 2 rings (SSSR count). The van der Waals surface area contributed by atoms with Gasteiger partial charge in [-0.25, -0.2) is 4.79 Å². The quantitative estimate of drug-likeness (QED) is 0.689. The summed E-state index contributed by atoms with van der Waals surface area (Å²) in [5, 5.41) is 0.520. The van der Waals surface area contributed by atoms with Crippen LogP contribution in [0.1, 0.15) is 20.8 Å². The molecule has 0 amide bonds. The lowest BCUT2D eigenvalue weighted by atomic mass is 10.2. The molecule has 5 heteroatoms. The number of thioether (sulfide) groups is 1. The van der Waals surface area contributed by atoms with Crippen LogP contribution in [-0.2, 0) is 10.5 Å². The van der Waals surface area contributed by atoms with Crippen molar-refractivity contribution < 1.29 is 9.53 Å². The van der Waals surface area contributed by atoms with Crippen LogP contribution < -0.4 is 5.73 Å². The van der Waals surface area contributed by atoms with E-state index in [1.54, 1.807) is 11.8 Å². The van der Waals surface area contributed by atoms with Crippen molar-refractivity contribution in [3.63, 3.8) is 0 Å². The molecule has 1 aromatic carbocycles. The van der Waals surface area contributed by atoms with Gasteiger partial charge in [0, 0.05) is 15.5 Å². The monoisotopic (exact) mass is 293 g/mol. The van der Waals surface area contributed by atoms with Gasteiger partial charge in [0.05, 0.1) is 12.7 Å². The fourth-order valence-electron chi connectivity index (χ4n) is 1.59. The molecule has 100 valence electrons. The van der Waals surface area contributed by atoms with Crippen LogP contribution in [0, 0.1) is 6.92 Å². The maximum atomic E-state index is 11.5. The van der Waals surface area contributed by atoms with Crippen LogP contribution in [0.25, 0.3) is 0 Å². The summed E-state index contributed by atoms with van der Waals surface area (Å²) in [6, 6.07) is 10.2. The molecule has 0 aliphatic carbocycles. The number of nitrogen functional groups attached to an aromatic ring is 1. The van der Waals surface area contributed by atoms with Gasteiger partial charge in [0.25, 0.3) is 0 Å². The van der Waals surface area contributed by atoms with Crippen LogP contribution >= 0.6 is 23.1 Å². The van der Waals surface area contributed by atoms with Crippen LogP contribution in [0.3, 0.4) is 0 Å². The third kappa shape index (κ3) is 3.52. The summed E-state index contributed by atoms with van der Waals surface area (Å²) in [7, 11) is 1.36. The van der Waals surface area contributed by atoms with Gasteiger partial charge in [0.1, 0.15) is 5.00 Å². The van der Waals surface area contributed by atoms with Crippen molar-refractivity contribution in [1.82, 2.24) is 0 Å². The highest BCUT2D eigenvalue weighted by molar-refractivity contribution is 7.98. The second kappa shape index (κ2) is 6.12. The molecule has 0 saturated heterocycles. The predicted octanol–water partition coefficient (Wildman–Crippen LogP) is 3.72. The first-order valence-electron chi connectivity index (χ1n) is 5.76. The molecule has 0 unspecified atom stereocenters. The normalized spacial score (nSPS) is 10.4. The average Bonchev–Trinajstić information content (AvgIpc) is 2.78. The first kappa shape index (κ1) is 14.0. The zero-order chi connectivity index (χ0) is 13.8. The molecule has 0 aliphatic rings. The molecule has 0 fully saturated rings. The standard InChI is InChI=1S/C14H15NO2S2/c1-9-3-5-10(6-4-9)18-8-11-7-12(13(15)19-11)14(16)17-2/h3-7H,8,15H2,1-2H3. The van der Waals surface area contributed by atoms with Crippen molar-refractivity contribution >= 4 is 34.1 Å². The number of benzene rings is 1. The Bertz CT molecular complexity index is 576. The van der Waals surface area contributed by atoms with Gasteiger partial charge in [-0.15, -0.1) is 23.1 Å². The maximum Gasteiger partial charge on any atom is 0.340 e. The van der Waals surface area contributed by atoms with Crippen LogP contribution in [0.2, 0.25) is 0 Å². The van der Waals surface area contributed by atoms with E-state index < -0.39 is 0 Å². The number of methoxy groups -OCH3 is 1. The lowest BCUT2D eigenvalue weighted by Gasteiger charge is -2.00. The highest BCUT2D eigenvalue weighted by Gasteiger charge is 2.14. The Hall–Kier alpha value is -1.46. The molecule has 2 aromatic rings. The average molecular weight is 293 g/mol. The van der Waals surface area contributed by atoms with Crippen LogP contribution in [0.4, 0.5) is 5.00 Å². The van der Waals surface area contributed by atoms with Crippen molar-refractivity contribution in [2.75, 3.05) is 12.8 Å². The first-order chi connectivity index (χ1) is 9.10. The highest BCUT2D eigenvalue weighted by atomic mass is 32.2. The summed E-state index contributed by atoms with van der Waals surface area (Å²) in [6.07, 6.45) is 0. The van der Waals surface area contributed by atoms with Crippen molar-refractivity contribution in [1.29, 1.82) is 0 Å². The molecular weight excluding hydrogens is 278 g/mol. The Labute approximate surface area is 120 Å². The number of aryl methyl sites for hydroxylation is 1. The molecule has 3 nitrogen and oxygen atoms in total. The second-order valence-electron chi connectivity index (χ2n) is 4.08. The molecule has 2 N–H and O–H groups in total. The van der Waals surface area contributed by atoms with Gasteiger partial charge < -0.3 is 10.5 Å². The van der Waals surface area contributed by atoms with Gasteiger partial charge in [0.2, 0.25) is 0 Å². The number of carbonyl (C=O) groups is 1. The number of carbonyl (C=O) groups excluding carboxylic acids is 1. The summed E-state index contributed by atoms with van der Waals surface area (Å²) in [4.78, 5) is 13.7. The third-order valence-electron chi connectivity index (χ3n) is 2.62. The third-order valence-corrected chi connectivity index (χ3v) is 4.83. The minimum atomic E-state index is -0.375. The van der Waals surface area contributed by atoms with E-state index in [1.807, 2.05) is 6.07 Å². The molecule has 1 heterocycles. The Kier molecular flexibility index (Phi) is 4.50. The number of thiophene rings is 1. The molecular formula is C14H15NO2S2. The number of rotatable bonds is 4. The zero-order valence-electron chi connectivity index (χ0n) is 10.8. The number of hydrogen-bond acceptors (Lipinski definition) is 5. The molecule has 0 atom stereocenters. The summed E-state index contributed by atoms with van der Waals surface area (Å²) in [5.41, 5.74) is 7.53. The van der Waals surface area contributed by atoms with Gasteiger partial charge in [-0.1, -0.05) is 17.7 Å². The molecule has 0 radical (unpaired) electrons. The van der Waals surface area contributed by atoms with Crippen molar-refractivity contribution in [2.45, 2.75) is 17.6 Å². The lowest BCUT2D eigenvalue weighted by molar-refractivity contribution is 0.0602. The Morgan fingerprint density at radius 2 is 2.05 bits per heavy atom. The van der Waals surface area contributed by atoms with E-state index in [4.69, 9.17) is 5.73 Å². The highest BCUT2D eigenvalue weighted by Crippen LogP contribution is 2.31. The minimum absolute atomic E-state index is 0.375. The second-order valence-corrected chi connectivity index (χ2v) is 6.30. The van der Waals surface area contributed by atoms with Gasteiger partial charge >= 0.3 is 5.97 Å². The van der Waals surface area contributed by atoms with Gasteiger partial charge in [-0.05, 0) is 25.1 Å². The Balaban J connectivity index is 2.04. The minimum Gasteiger partial charge on any atom is -0.465 e. The van der Waals surface area contributed by atoms with E-state index in [0.717, 1.165) is 10.6 Å². The number of nitrogens with two attached hydrogens (primary N) is 1. The van der Waals surface area contributed by atoms with E-state index in [1.165, 1.54) is 28.9 Å². The van der Waals surface area contributed by atoms with Gasteiger partial charge in [0.15, 0.2) is 0 Å². The van der Waals surface area contributed by atoms with E-state index in [0.29, 0.717) is 10.6 Å². The van der Waals surface area contributed by atoms with Crippen molar-refractivity contribution in [3.8, 4) is 0 Å². The topological polar surface area (TPSA) is 52.3 Å². The van der Waals surface area contributed by atoms with E-state index >= 15 is 0 Å². The first-order valence-corrected chi connectivity index (χ1v) is 7.56. The molecule has 19 heavy (non-hydrogen) atoms. The van der Waals surface area contributed by atoms with E-state index in [2.05, 4.69) is 35.9 Å². The van der Waals surface area contributed by atoms with E-state index in [-0.39, 0.29) is 5.97 Å². The largest absolute Gasteiger partial charge is 0.465 e. The maximum absolute atomic E-state index is 11.5. The zero-order valence-corrected chi connectivity index (χ0v) is 12.4. The summed E-state index contributed by atoms with van der Waals surface area (Å²) in [6.45, 7) is 2.07. The number of esters is 1. The SMILES string of the molecule is COC(=O)c1cc(CSc2ccc(C)cc2)sc1N. The van der Waals surface area contributed by atoms with Crippen LogP contribution in [-0.4, -0.2) is 13.1 Å². The molecule has 0 spiro atoms. The fourth-order valence-corrected chi connectivity index (χ4v) is 3.43. The molecule has 0 bridgehead atoms. The Morgan fingerprint density at radius 1 is 1.37 bits per heavy atom.